The Bertz CT molecular complexity index is 509. The van der Waals surface area contributed by atoms with Gasteiger partial charge in [-0.1, -0.05) is 0 Å². The van der Waals surface area contributed by atoms with E-state index in [0.717, 1.165) is 6.07 Å². The monoisotopic (exact) mass is 312 g/mol. The summed E-state index contributed by atoms with van der Waals surface area (Å²) in [6.07, 6.45) is 0.512. The summed E-state index contributed by atoms with van der Waals surface area (Å²) in [5.74, 6) is -0.711. The van der Waals surface area contributed by atoms with E-state index < -0.39 is 15.8 Å². The van der Waals surface area contributed by atoms with Crippen LogP contribution in [-0.2, 0) is 10.0 Å². The molecule has 1 unspecified atom stereocenters. The summed E-state index contributed by atoms with van der Waals surface area (Å²) in [6, 6.07) is 3.39. The van der Waals surface area contributed by atoms with E-state index in [1.165, 1.54) is 19.2 Å². The SMILES string of the molecule is COc1ccc(S(=O)(=O)NCCC(C)N)cc1F.Cl. The molecule has 0 spiro atoms. The Morgan fingerprint density at radius 2 is 2.11 bits per heavy atom. The van der Waals surface area contributed by atoms with Gasteiger partial charge >= 0.3 is 0 Å². The molecular weight excluding hydrogens is 295 g/mol. The molecule has 1 aromatic rings. The molecular formula is C11H18ClFN2O3S. The third-order valence-electron chi connectivity index (χ3n) is 2.33. The molecule has 0 bridgehead atoms. The van der Waals surface area contributed by atoms with Gasteiger partial charge in [0.25, 0.3) is 0 Å². The van der Waals surface area contributed by atoms with Crippen LogP contribution in [0.1, 0.15) is 13.3 Å². The highest BCUT2D eigenvalue weighted by Crippen LogP contribution is 2.20. The van der Waals surface area contributed by atoms with Gasteiger partial charge in [0.2, 0.25) is 10.0 Å². The number of hydrogen-bond acceptors (Lipinski definition) is 4. The molecule has 0 heterocycles. The smallest absolute Gasteiger partial charge is 0.240 e. The van der Waals surface area contributed by atoms with Gasteiger partial charge in [0.15, 0.2) is 11.6 Å². The number of halogens is 2. The van der Waals surface area contributed by atoms with Crippen LogP contribution in [0.25, 0.3) is 0 Å². The molecule has 0 aromatic heterocycles. The number of methoxy groups -OCH3 is 1. The minimum Gasteiger partial charge on any atom is -0.494 e. The van der Waals surface area contributed by atoms with E-state index in [4.69, 9.17) is 10.5 Å². The van der Waals surface area contributed by atoms with Crippen LogP contribution in [0, 0.1) is 5.82 Å². The summed E-state index contributed by atoms with van der Waals surface area (Å²) in [4.78, 5) is -0.134. The maximum absolute atomic E-state index is 13.4. The number of rotatable bonds is 6. The van der Waals surface area contributed by atoms with Crippen LogP contribution in [0.4, 0.5) is 4.39 Å². The van der Waals surface area contributed by atoms with E-state index in [2.05, 4.69) is 4.72 Å². The lowest BCUT2D eigenvalue weighted by molar-refractivity contribution is 0.385. The van der Waals surface area contributed by atoms with Crippen molar-refractivity contribution in [3.05, 3.63) is 24.0 Å². The van der Waals surface area contributed by atoms with Crippen LogP contribution < -0.4 is 15.2 Å². The Morgan fingerprint density at radius 3 is 2.58 bits per heavy atom. The first-order valence-corrected chi connectivity index (χ1v) is 6.94. The molecule has 1 aromatic carbocycles. The Morgan fingerprint density at radius 1 is 1.47 bits per heavy atom. The van der Waals surface area contributed by atoms with Gasteiger partial charge in [-0.15, -0.1) is 12.4 Å². The molecule has 110 valence electrons. The number of ether oxygens (including phenoxy) is 1. The number of sulfonamides is 1. The van der Waals surface area contributed by atoms with Crippen LogP contribution in [-0.4, -0.2) is 28.1 Å². The van der Waals surface area contributed by atoms with Crippen molar-refractivity contribution >= 4 is 22.4 Å². The fourth-order valence-corrected chi connectivity index (χ4v) is 2.38. The lowest BCUT2D eigenvalue weighted by atomic mass is 10.3. The third-order valence-corrected chi connectivity index (χ3v) is 3.78. The third kappa shape index (κ3) is 5.32. The number of benzene rings is 1. The van der Waals surface area contributed by atoms with Crippen LogP contribution >= 0.6 is 12.4 Å². The topological polar surface area (TPSA) is 81.4 Å². The molecule has 0 aliphatic heterocycles. The highest BCUT2D eigenvalue weighted by atomic mass is 35.5. The molecule has 5 nitrogen and oxygen atoms in total. The Balaban J connectivity index is 0.00000324. The molecule has 3 N–H and O–H groups in total. The molecule has 8 heteroatoms. The highest BCUT2D eigenvalue weighted by molar-refractivity contribution is 7.89. The van der Waals surface area contributed by atoms with Crippen LogP contribution in [0.2, 0.25) is 0 Å². The molecule has 0 fully saturated rings. The van der Waals surface area contributed by atoms with Crippen molar-refractivity contribution in [2.75, 3.05) is 13.7 Å². The average Bonchev–Trinajstić information content (AvgIpc) is 2.28. The molecule has 0 saturated heterocycles. The van der Waals surface area contributed by atoms with Crippen LogP contribution in [0.5, 0.6) is 5.75 Å². The number of nitrogens with one attached hydrogen (secondary N) is 1. The highest BCUT2D eigenvalue weighted by Gasteiger charge is 2.16. The lowest BCUT2D eigenvalue weighted by Gasteiger charge is -2.09. The standard InChI is InChI=1S/C11H17FN2O3S.ClH/c1-8(13)5-6-14-18(15,16)9-3-4-11(17-2)10(12)7-9;/h3-4,7-8,14H,5-6,13H2,1-2H3;1H. The normalized spacial score (nSPS) is 12.6. The second kappa shape index (κ2) is 7.64. The summed E-state index contributed by atoms with van der Waals surface area (Å²) in [5, 5.41) is 0. The molecule has 1 atom stereocenters. The van der Waals surface area contributed by atoms with Crippen molar-refractivity contribution in [3.63, 3.8) is 0 Å². The maximum Gasteiger partial charge on any atom is 0.240 e. The zero-order valence-electron chi connectivity index (χ0n) is 10.7. The maximum atomic E-state index is 13.4. The predicted octanol–water partition coefficient (Wildman–Crippen LogP) is 1.27. The van der Waals surface area contributed by atoms with E-state index in [9.17, 15) is 12.8 Å². The first kappa shape index (κ1) is 18.1. The first-order chi connectivity index (χ1) is 8.36. The Labute approximate surface area is 118 Å². The number of nitrogens with two attached hydrogens (primary N) is 1. The van der Waals surface area contributed by atoms with Crippen LogP contribution in [0.15, 0.2) is 23.1 Å². The van der Waals surface area contributed by atoms with Crippen molar-refractivity contribution < 1.29 is 17.5 Å². The predicted molar refractivity (Wildman–Crippen MR) is 73.7 cm³/mol. The molecule has 0 amide bonds. The van der Waals surface area contributed by atoms with Gasteiger partial charge in [0, 0.05) is 12.6 Å². The molecule has 0 aliphatic carbocycles. The summed E-state index contributed by atoms with van der Waals surface area (Å²) < 4.78 is 44.1. The van der Waals surface area contributed by atoms with E-state index in [-0.39, 0.29) is 35.6 Å². The quantitative estimate of drug-likeness (QED) is 0.829. The fourth-order valence-electron chi connectivity index (χ4n) is 1.32. The Kier molecular flexibility index (Phi) is 7.28. The Hall–Kier alpha value is -0.890. The summed E-state index contributed by atoms with van der Waals surface area (Å²) in [7, 11) is -2.39. The second-order valence-corrected chi connectivity index (χ2v) is 5.73. The lowest BCUT2D eigenvalue weighted by Crippen LogP contribution is -2.29. The van der Waals surface area contributed by atoms with E-state index in [0.29, 0.717) is 6.42 Å². The minimum absolute atomic E-state index is 0. The van der Waals surface area contributed by atoms with Crippen molar-refractivity contribution in [1.29, 1.82) is 0 Å². The van der Waals surface area contributed by atoms with Gasteiger partial charge in [-0.2, -0.15) is 0 Å². The van der Waals surface area contributed by atoms with Crippen molar-refractivity contribution in [2.45, 2.75) is 24.3 Å². The number of hydrogen-bond donors (Lipinski definition) is 2. The summed E-state index contributed by atoms with van der Waals surface area (Å²) in [5.41, 5.74) is 5.51. The van der Waals surface area contributed by atoms with Gasteiger partial charge in [-0.3, -0.25) is 0 Å². The fraction of sp³-hybridized carbons (Fsp3) is 0.455. The van der Waals surface area contributed by atoms with Crippen molar-refractivity contribution in [1.82, 2.24) is 4.72 Å². The van der Waals surface area contributed by atoms with E-state index in [1.54, 1.807) is 6.92 Å². The largest absolute Gasteiger partial charge is 0.494 e. The van der Waals surface area contributed by atoms with Crippen molar-refractivity contribution in [3.8, 4) is 5.75 Å². The summed E-state index contributed by atoms with van der Waals surface area (Å²) in [6.45, 7) is 2.00. The first-order valence-electron chi connectivity index (χ1n) is 5.45. The van der Waals surface area contributed by atoms with E-state index >= 15 is 0 Å². The molecule has 19 heavy (non-hydrogen) atoms. The zero-order valence-corrected chi connectivity index (χ0v) is 12.4. The zero-order chi connectivity index (χ0) is 13.8. The van der Waals surface area contributed by atoms with Gasteiger partial charge in [0.1, 0.15) is 0 Å². The molecule has 0 saturated carbocycles. The van der Waals surface area contributed by atoms with Gasteiger partial charge < -0.3 is 10.5 Å². The summed E-state index contributed by atoms with van der Waals surface area (Å²) >= 11 is 0. The molecule has 1 rings (SSSR count). The van der Waals surface area contributed by atoms with Gasteiger partial charge in [-0.25, -0.2) is 17.5 Å². The van der Waals surface area contributed by atoms with E-state index in [1.807, 2.05) is 0 Å². The molecule has 0 radical (unpaired) electrons. The van der Waals surface area contributed by atoms with Crippen LogP contribution in [0.3, 0.4) is 0 Å². The second-order valence-electron chi connectivity index (χ2n) is 3.96. The molecule has 0 aliphatic rings. The van der Waals surface area contributed by atoms with Gasteiger partial charge in [-0.05, 0) is 31.5 Å². The average molecular weight is 313 g/mol. The van der Waals surface area contributed by atoms with Crippen molar-refractivity contribution in [2.24, 2.45) is 5.73 Å². The minimum atomic E-state index is -3.70. The van der Waals surface area contributed by atoms with Gasteiger partial charge in [0.05, 0.1) is 12.0 Å².